The van der Waals surface area contributed by atoms with Crippen molar-refractivity contribution in [1.29, 1.82) is 0 Å². The van der Waals surface area contributed by atoms with E-state index in [2.05, 4.69) is 20.7 Å². The molecule has 0 spiro atoms. The molecule has 0 amide bonds. The van der Waals surface area contributed by atoms with Gasteiger partial charge in [-0.05, 0) is 30.9 Å². The molecule has 21 heavy (non-hydrogen) atoms. The highest BCUT2D eigenvalue weighted by molar-refractivity contribution is 9.10. The van der Waals surface area contributed by atoms with Gasteiger partial charge >= 0.3 is 10.2 Å². The lowest BCUT2D eigenvalue weighted by Gasteiger charge is -2.30. The number of aliphatic hydroxyl groups is 1. The number of nitrogens with one attached hydrogen (secondary N) is 1. The predicted octanol–water partition coefficient (Wildman–Crippen LogP) is 3.12. The standard InChI is InChI=1S/C12H15BrCl2N2O3S/c13-9-5-10(14)12(11(15)6-9)16-21(19,20)17-3-1-8(7-18)2-4-17/h5-6,8,16,18H,1-4,7H2. The zero-order chi connectivity index (χ0) is 15.6. The van der Waals surface area contributed by atoms with Crippen LogP contribution < -0.4 is 4.72 Å². The van der Waals surface area contributed by atoms with Crippen molar-refractivity contribution in [1.82, 2.24) is 4.31 Å². The second-order valence-corrected chi connectivity index (χ2v) is 8.28. The van der Waals surface area contributed by atoms with Crippen LogP contribution in [0, 0.1) is 5.92 Å². The van der Waals surface area contributed by atoms with E-state index < -0.39 is 10.2 Å². The second kappa shape index (κ2) is 7.02. The lowest BCUT2D eigenvalue weighted by atomic mass is 10.00. The van der Waals surface area contributed by atoms with Crippen molar-refractivity contribution in [2.24, 2.45) is 5.92 Å². The van der Waals surface area contributed by atoms with E-state index >= 15 is 0 Å². The Balaban J connectivity index is 2.15. The van der Waals surface area contributed by atoms with Gasteiger partial charge in [-0.3, -0.25) is 4.72 Å². The number of hydrogen-bond donors (Lipinski definition) is 2. The average molecular weight is 418 g/mol. The van der Waals surface area contributed by atoms with E-state index in [1.165, 1.54) is 4.31 Å². The third-order valence-electron chi connectivity index (χ3n) is 3.41. The zero-order valence-electron chi connectivity index (χ0n) is 11.0. The molecule has 0 radical (unpaired) electrons. The molecule has 0 unspecified atom stereocenters. The van der Waals surface area contributed by atoms with Crippen LogP contribution in [0.4, 0.5) is 5.69 Å². The molecule has 1 fully saturated rings. The summed E-state index contributed by atoms with van der Waals surface area (Å²) in [4.78, 5) is 0. The molecule has 0 aliphatic carbocycles. The van der Waals surface area contributed by atoms with E-state index in [9.17, 15) is 8.42 Å². The fourth-order valence-electron chi connectivity index (χ4n) is 2.17. The second-order valence-electron chi connectivity index (χ2n) is 4.88. The van der Waals surface area contributed by atoms with Gasteiger partial charge in [-0.15, -0.1) is 0 Å². The molecule has 1 aromatic carbocycles. The third kappa shape index (κ3) is 4.24. The molecule has 0 saturated carbocycles. The minimum Gasteiger partial charge on any atom is -0.396 e. The summed E-state index contributed by atoms with van der Waals surface area (Å²) in [5, 5.41) is 9.54. The Morgan fingerprint density at radius 3 is 2.29 bits per heavy atom. The van der Waals surface area contributed by atoms with Gasteiger partial charge in [-0.2, -0.15) is 12.7 Å². The Labute approximate surface area is 142 Å². The first kappa shape index (κ1) is 17.3. The molecule has 9 heteroatoms. The normalized spacial score (nSPS) is 17.9. The van der Waals surface area contributed by atoms with Crippen LogP contribution in [0.5, 0.6) is 0 Å². The van der Waals surface area contributed by atoms with Gasteiger partial charge in [0.2, 0.25) is 0 Å². The maximum Gasteiger partial charge on any atom is 0.301 e. The largest absolute Gasteiger partial charge is 0.396 e. The highest BCUT2D eigenvalue weighted by Gasteiger charge is 2.28. The summed E-state index contributed by atoms with van der Waals surface area (Å²) in [7, 11) is -3.71. The van der Waals surface area contributed by atoms with Crippen molar-refractivity contribution in [2.75, 3.05) is 24.4 Å². The van der Waals surface area contributed by atoms with E-state index in [4.69, 9.17) is 28.3 Å². The number of aliphatic hydroxyl groups excluding tert-OH is 1. The van der Waals surface area contributed by atoms with E-state index in [1.54, 1.807) is 12.1 Å². The Hall–Kier alpha value is -0.0500. The van der Waals surface area contributed by atoms with Gasteiger partial charge in [-0.25, -0.2) is 0 Å². The van der Waals surface area contributed by atoms with E-state index in [1.807, 2.05) is 0 Å². The molecule has 1 heterocycles. The predicted molar refractivity (Wildman–Crippen MR) is 88.1 cm³/mol. The quantitative estimate of drug-likeness (QED) is 0.790. The van der Waals surface area contributed by atoms with Crippen LogP contribution in [0.15, 0.2) is 16.6 Å². The van der Waals surface area contributed by atoms with E-state index in [0.29, 0.717) is 30.4 Å². The van der Waals surface area contributed by atoms with Crippen LogP contribution in [0.3, 0.4) is 0 Å². The van der Waals surface area contributed by atoms with Crippen molar-refractivity contribution in [2.45, 2.75) is 12.8 Å². The van der Waals surface area contributed by atoms with Crippen LogP contribution >= 0.6 is 39.1 Å². The highest BCUT2D eigenvalue weighted by atomic mass is 79.9. The van der Waals surface area contributed by atoms with Gasteiger partial charge in [0.1, 0.15) is 0 Å². The lowest BCUT2D eigenvalue weighted by molar-refractivity contribution is 0.170. The molecule has 2 N–H and O–H groups in total. The van der Waals surface area contributed by atoms with Crippen molar-refractivity contribution in [3.63, 3.8) is 0 Å². The minimum absolute atomic E-state index is 0.0890. The SMILES string of the molecule is O=S(=O)(Nc1c(Cl)cc(Br)cc1Cl)N1CCC(CO)CC1. The van der Waals surface area contributed by atoms with Gasteiger partial charge < -0.3 is 5.11 Å². The first-order valence-electron chi connectivity index (χ1n) is 6.37. The van der Waals surface area contributed by atoms with Crippen LogP contribution in [-0.2, 0) is 10.2 Å². The molecule has 1 aliphatic rings. The minimum atomic E-state index is -3.71. The van der Waals surface area contributed by atoms with Crippen LogP contribution in [-0.4, -0.2) is 37.5 Å². The monoisotopic (exact) mass is 416 g/mol. The van der Waals surface area contributed by atoms with Crippen LogP contribution in [0.25, 0.3) is 0 Å². The highest BCUT2D eigenvalue weighted by Crippen LogP contribution is 2.35. The maximum atomic E-state index is 12.4. The summed E-state index contributed by atoms with van der Waals surface area (Å²) in [5.74, 6) is 0.163. The van der Waals surface area contributed by atoms with Crippen LogP contribution in [0.1, 0.15) is 12.8 Å². The van der Waals surface area contributed by atoms with Crippen molar-refractivity contribution >= 4 is 55.0 Å². The summed E-state index contributed by atoms with van der Waals surface area (Å²) in [5.41, 5.74) is 0.172. The van der Waals surface area contributed by atoms with Gasteiger partial charge in [0.15, 0.2) is 0 Å². The van der Waals surface area contributed by atoms with E-state index in [-0.39, 0.29) is 28.3 Å². The maximum absolute atomic E-state index is 12.4. The summed E-state index contributed by atoms with van der Waals surface area (Å²) in [6.45, 7) is 0.824. The van der Waals surface area contributed by atoms with Gasteiger partial charge in [-0.1, -0.05) is 39.1 Å². The third-order valence-corrected chi connectivity index (χ3v) is 5.97. The molecular weight excluding hydrogens is 403 g/mol. The Kier molecular flexibility index (Phi) is 5.78. The molecular formula is C12H15BrCl2N2O3S. The number of halogens is 3. The number of nitrogens with zero attached hydrogens (tertiary/aromatic N) is 1. The number of benzene rings is 1. The molecule has 0 bridgehead atoms. The Bertz CT molecular complexity index is 596. The molecule has 118 valence electrons. The first-order valence-corrected chi connectivity index (χ1v) is 9.35. The average Bonchev–Trinajstić information content (AvgIpc) is 2.43. The summed E-state index contributed by atoms with van der Waals surface area (Å²) < 4.78 is 29.2. The molecule has 1 saturated heterocycles. The summed E-state index contributed by atoms with van der Waals surface area (Å²) in [6.07, 6.45) is 1.28. The summed E-state index contributed by atoms with van der Waals surface area (Å²) in [6, 6.07) is 3.15. The zero-order valence-corrected chi connectivity index (χ0v) is 14.9. The summed E-state index contributed by atoms with van der Waals surface area (Å²) >= 11 is 15.3. The molecule has 0 aromatic heterocycles. The first-order chi connectivity index (χ1) is 9.83. The number of anilines is 1. The number of piperidine rings is 1. The van der Waals surface area contributed by atoms with E-state index in [0.717, 1.165) is 0 Å². The Morgan fingerprint density at radius 1 is 1.29 bits per heavy atom. The molecule has 0 atom stereocenters. The molecule has 1 aromatic rings. The molecule has 2 rings (SSSR count). The number of hydrogen-bond acceptors (Lipinski definition) is 3. The number of rotatable bonds is 4. The smallest absolute Gasteiger partial charge is 0.301 e. The van der Waals surface area contributed by atoms with Crippen LogP contribution in [0.2, 0.25) is 10.0 Å². The molecule has 1 aliphatic heterocycles. The fourth-order valence-corrected chi connectivity index (χ4v) is 4.88. The van der Waals surface area contributed by atoms with Gasteiger partial charge in [0.05, 0.1) is 15.7 Å². The van der Waals surface area contributed by atoms with Gasteiger partial charge in [0, 0.05) is 24.2 Å². The van der Waals surface area contributed by atoms with Gasteiger partial charge in [0.25, 0.3) is 0 Å². The van der Waals surface area contributed by atoms with Crippen molar-refractivity contribution < 1.29 is 13.5 Å². The Morgan fingerprint density at radius 2 is 1.81 bits per heavy atom. The fraction of sp³-hybridized carbons (Fsp3) is 0.500. The van der Waals surface area contributed by atoms with Crippen molar-refractivity contribution in [3.05, 3.63) is 26.7 Å². The topological polar surface area (TPSA) is 69.6 Å². The molecule has 5 nitrogen and oxygen atoms in total. The van der Waals surface area contributed by atoms with Crippen molar-refractivity contribution in [3.8, 4) is 0 Å². The lowest BCUT2D eigenvalue weighted by Crippen LogP contribution is -2.42.